The molecule has 10 nitrogen and oxygen atoms in total. The van der Waals surface area contributed by atoms with E-state index in [1.807, 2.05) is 0 Å². The molecule has 0 spiro atoms. The van der Waals surface area contributed by atoms with Crippen LogP contribution in [0.4, 0.5) is 0 Å². The standard InChI is InChI=1S/C25H50NO9P/c1-3-4-5-6-7-8-11-14-17-25(28)35-24(21-34-36(29,30)31)20-33-22-32-19-16-13-10-9-12-15-18-26-23(2)27/h24H,3-22H2,1-2H3,(H,26,27)(H2,29,30,31)/t24-/m0/s1. The van der Waals surface area contributed by atoms with E-state index in [9.17, 15) is 14.2 Å². The Hall–Kier alpha value is -1.03. The van der Waals surface area contributed by atoms with Crippen LogP contribution in [0.2, 0.25) is 0 Å². The Morgan fingerprint density at radius 3 is 2.00 bits per heavy atom. The highest BCUT2D eigenvalue weighted by atomic mass is 31.2. The number of rotatable bonds is 26. The molecule has 0 saturated carbocycles. The monoisotopic (exact) mass is 539 g/mol. The van der Waals surface area contributed by atoms with Crippen molar-refractivity contribution >= 4 is 19.7 Å². The van der Waals surface area contributed by atoms with Crippen molar-refractivity contribution < 1.29 is 42.7 Å². The fraction of sp³-hybridized carbons (Fsp3) is 0.920. The average Bonchev–Trinajstić information content (AvgIpc) is 2.81. The van der Waals surface area contributed by atoms with E-state index in [1.165, 1.54) is 39.0 Å². The van der Waals surface area contributed by atoms with Gasteiger partial charge >= 0.3 is 13.8 Å². The van der Waals surface area contributed by atoms with Crippen molar-refractivity contribution in [2.24, 2.45) is 0 Å². The van der Waals surface area contributed by atoms with Crippen molar-refractivity contribution in [3.63, 3.8) is 0 Å². The molecule has 0 aliphatic rings. The van der Waals surface area contributed by atoms with Gasteiger partial charge in [0.1, 0.15) is 12.9 Å². The minimum Gasteiger partial charge on any atom is -0.457 e. The van der Waals surface area contributed by atoms with Gasteiger partial charge < -0.3 is 29.3 Å². The maximum atomic E-state index is 12.1. The normalized spacial score (nSPS) is 12.4. The number of amides is 1. The Morgan fingerprint density at radius 1 is 0.806 bits per heavy atom. The Balaban J connectivity index is 3.89. The zero-order valence-electron chi connectivity index (χ0n) is 22.4. The van der Waals surface area contributed by atoms with Crippen LogP contribution in [0.5, 0.6) is 0 Å². The Bertz CT molecular complexity index is 586. The van der Waals surface area contributed by atoms with Crippen LogP contribution in [-0.2, 0) is 32.9 Å². The first kappa shape index (κ1) is 35.0. The van der Waals surface area contributed by atoms with Crippen molar-refractivity contribution in [3.05, 3.63) is 0 Å². The van der Waals surface area contributed by atoms with Gasteiger partial charge in [0.25, 0.3) is 0 Å². The molecule has 1 amide bonds. The van der Waals surface area contributed by atoms with Gasteiger partial charge in [0.15, 0.2) is 0 Å². The Labute approximate surface area is 217 Å². The number of carbonyl (C=O) groups is 2. The summed E-state index contributed by atoms with van der Waals surface area (Å²) in [5, 5.41) is 2.78. The van der Waals surface area contributed by atoms with Crippen LogP contribution in [0.3, 0.4) is 0 Å². The van der Waals surface area contributed by atoms with E-state index >= 15 is 0 Å². The molecule has 0 saturated heterocycles. The number of hydrogen-bond acceptors (Lipinski definition) is 7. The number of ether oxygens (including phenoxy) is 3. The van der Waals surface area contributed by atoms with Crippen molar-refractivity contribution in [1.82, 2.24) is 5.32 Å². The quantitative estimate of drug-likeness (QED) is 0.0599. The molecule has 11 heteroatoms. The van der Waals surface area contributed by atoms with Gasteiger partial charge in [-0.2, -0.15) is 0 Å². The molecule has 0 unspecified atom stereocenters. The Morgan fingerprint density at radius 2 is 1.39 bits per heavy atom. The van der Waals surface area contributed by atoms with Crippen LogP contribution >= 0.6 is 7.82 Å². The van der Waals surface area contributed by atoms with E-state index in [-0.39, 0.29) is 25.7 Å². The van der Waals surface area contributed by atoms with E-state index in [0.29, 0.717) is 6.61 Å². The summed E-state index contributed by atoms with van der Waals surface area (Å²) in [4.78, 5) is 40.8. The molecule has 0 rings (SSSR count). The van der Waals surface area contributed by atoms with Crippen LogP contribution in [0.1, 0.15) is 110 Å². The fourth-order valence-electron chi connectivity index (χ4n) is 3.54. The van der Waals surface area contributed by atoms with Crippen LogP contribution in [-0.4, -0.2) is 60.9 Å². The third-order valence-electron chi connectivity index (χ3n) is 5.52. The van der Waals surface area contributed by atoms with E-state index < -0.39 is 26.5 Å². The minimum atomic E-state index is -4.68. The van der Waals surface area contributed by atoms with Gasteiger partial charge in [-0.25, -0.2) is 4.57 Å². The maximum Gasteiger partial charge on any atom is 0.469 e. The number of unbranched alkanes of at least 4 members (excludes halogenated alkanes) is 12. The molecule has 0 radical (unpaired) electrons. The molecule has 0 fully saturated rings. The minimum absolute atomic E-state index is 0.00128. The lowest BCUT2D eigenvalue weighted by atomic mass is 10.1. The second-order valence-corrected chi connectivity index (χ2v) is 10.4. The molecular formula is C25H50NO9P. The van der Waals surface area contributed by atoms with Crippen molar-refractivity contribution in [2.75, 3.05) is 33.2 Å². The molecule has 1 atom stereocenters. The average molecular weight is 540 g/mol. The first-order chi connectivity index (χ1) is 17.2. The number of nitrogens with one attached hydrogen (secondary N) is 1. The molecule has 36 heavy (non-hydrogen) atoms. The van der Waals surface area contributed by atoms with Gasteiger partial charge in [-0.15, -0.1) is 0 Å². The molecule has 0 heterocycles. The summed E-state index contributed by atoms with van der Waals surface area (Å²) in [6, 6.07) is 0. The lowest BCUT2D eigenvalue weighted by Gasteiger charge is -2.18. The molecular weight excluding hydrogens is 489 g/mol. The second kappa shape index (κ2) is 24.3. The highest BCUT2D eigenvalue weighted by molar-refractivity contribution is 7.46. The number of phosphoric acid groups is 1. The lowest BCUT2D eigenvalue weighted by molar-refractivity contribution is -0.158. The van der Waals surface area contributed by atoms with Crippen molar-refractivity contribution in [3.8, 4) is 0 Å². The zero-order valence-corrected chi connectivity index (χ0v) is 23.3. The van der Waals surface area contributed by atoms with Crippen LogP contribution in [0, 0.1) is 0 Å². The summed E-state index contributed by atoms with van der Waals surface area (Å²) in [5.74, 6) is -0.422. The van der Waals surface area contributed by atoms with E-state index in [1.54, 1.807) is 0 Å². The number of phosphoric ester groups is 1. The van der Waals surface area contributed by atoms with E-state index in [0.717, 1.165) is 64.3 Å². The smallest absolute Gasteiger partial charge is 0.457 e. The SMILES string of the molecule is CCCCCCCCCCC(=O)O[C@@H](COCOCCCCCCCCNC(C)=O)COP(=O)(O)O. The van der Waals surface area contributed by atoms with Crippen LogP contribution < -0.4 is 5.32 Å². The molecule has 0 aromatic heterocycles. The summed E-state index contributed by atoms with van der Waals surface area (Å²) in [5.41, 5.74) is 0. The van der Waals surface area contributed by atoms with Crippen LogP contribution in [0.25, 0.3) is 0 Å². The molecule has 0 bridgehead atoms. The van der Waals surface area contributed by atoms with Gasteiger partial charge in [-0.05, 0) is 19.3 Å². The predicted molar refractivity (Wildman–Crippen MR) is 138 cm³/mol. The zero-order chi connectivity index (χ0) is 26.9. The van der Waals surface area contributed by atoms with Crippen molar-refractivity contribution in [1.29, 1.82) is 0 Å². The molecule has 0 aromatic carbocycles. The lowest BCUT2D eigenvalue weighted by Crippen LogP contribution is -2.28. The molecule has 0 aliphatic heterocycles. The summed E-state index contributed by atoms with van der Waals surface area (Å²) in [7, 11) is -4.68. The van der Waals surface area contributed by atoms with Gasteiger partial charge in [0.2, 0.25) is 5.91 Å². The fourth-order valence-corrected chi connectivity index (χ4v) is 3.90. The Kier molecular flexibility index (Phi) is 23.6. The summed E-state index contributed by atoms with van der Waals surface area (Å²) >= 11 is 0. The molecule has 214 valence electrons. The van der Waals surface area contributed by atoms with E-state index in [2.05, 4.69) is 16.8 Å². The first-order valence-corrected chi connectivity index (χ1v) is 15.1. The summed E-state index contributed by atoms with van der Waals surface area (Å²) in [6.45, 7) is 4.45. The van der Waals surface area contributed by atoms with Crippen LogP contribution in [0.15, 0.2) is 0 Å². The molecule has 0 aliphatic carbocycles. The first-order valence-electron chi connectivity index (χ1n) is 13.5. The predicted octanol–water partition coefficient (Wildman–Crippen LogP) is 5.01. The maximum absolute atomic E-state index is 12.1. The number of carbonyl (C=O) groups excluding carboxylic acids is 2. The topological polar surface area (TPSA) is 141 Å². The van der Waals surface area contributed by atoms with Gasteiger partial charge in [0.05, 0.1) is 13.2 Å². The summed E-state index contributed by atoms with van der Waals surface area (Å²) in [6.07, 6.45) is 14.4. The van der Waals surface area contributed by atoms with Gasteiger partial charge in [-0.1, -0.05) is 77.6 Å². The van der Waals surface area contributed by atoms with Gasteiger partial charge in [0, 0.05) is 26.5 Å². The highest BCUT2D eigenvalue weighted by Crippen LogP contribution is 2.35. The third kappa shape index (κ3) is 27.6. The summed E-state index contributed by atoms with van der Waals surface area (Å²) < 4.78 is 31.6. The van der Waals surface area contributed by atoms with E-state index in [4.69, 9.17) is 24.0 Å². The second-order valence-electron chi connectivity index (χ2n) is 9.12. The number of esters is 1. The highest BCUT2D eigenvalue weighted by Gasteiger charge is 2.21. The van der Waals surface area contributed by atoms with Gasteiger partial charge in [-0.3, -0.25) is 14.1 Å². The molecule has 3 N–H and O–H groups in total. The molecule has 0 aromatic rings. The third-order valence-corrected chi connectivity index (χ3v) is 6.01. The van der Waals surface area contributed by atoms with Crippen molar-refractivity contribution in [2.45, 2.75) is 116 Å². The number of hydrogen-bond donors (Lipinski definition) is 3. The largest absolute Gasteiger partial charge is 0.469 e.